The molecular weight excluding hydrogens is 388 g/mol. The maximum atomic E-state index is 11.7. The predicted octanol–water partition coefficient (Wildman–Crippen LogP) is 3.99. The Morgan fingerprint density at radius 2 is 1.96 bits per heavy atom. The van der Waals surface area contributed by atoms with E-state index in [1.165, 1.54) is 6.07 Å². The smallest absolute Gasteiger partial charge is 0.176 e. The zero-order valence-corrected chi connectivity index (χ0v) is 17.6. The molecule has 1 aliphatic heterocycles. The third kappa shape index (κ3) is 4.73. The van der Waals surface area contributed by atoms with Gasteiger partial charge in [-0.25, -0.2) is 8.42 Å². The molecule has 2 aliphatic rings. The van der Waals surface area contributed by atoms with Gasteiger partial charge in [0.15, 0.2) is 15.6 Å². The van der Waals surface area contributed by atoms with Crippen molar-refractivity contribution in [2.45, 2.75) is 56.1 Å². The second-order valence-corrected chi connectivity index (χ2v) is 11.1. The first-order chi connectivity index (χ1) is 12.5. The Bertz CT molecular complexity index is 808. The SMILES string of the molecule is CC1(C)COC2(CC[C@H](CC(C=O)c3ccc(S(C)(=O)=O)c(Cl)c3)C2)OC1. The van der Waals surface area contributed by atoms with Crippen LogP contribution >= 0.6 is 11.6 Å². The number of halogens is 1. The van der Waals surface area contributed by atoms with E-state index in [9.17, 15) is 13.2 Å². The van der Waals surface area contributed by atoms with Crippen LogP contribution in [-0.2, 0) is 24.1 Å². The van der Waals surface area contributed by atoms with Gasteiger partial charge in [0.2, 0.25) is 0 Å². The Balaban J connectivity index is 1.68. The average molecular weight is 415 g/mol. The van der Waals surface area contributed by atoms with E-state index in [1.807, 2.05) is 0 Å². The normalized spacial score (nSPS) is 25.4. The molecule has 1 aliphatic carbocycles. The maximum Gasteiger partial charge on any atom is 0.176 e. The summed E-state index contributed by atoms with van der Waals surface area (Å²) < 4.78 is 35.6. The molecule has 3 rings (SSSR count). The van der Waals surface area contributed by atoms with Crippen molar-refractivity contribution < 1.29 is 22.7 Å². The summed E-state index contributed by atoms with van der Waals surface area (Å²) >= 11 is 6.14. The van der Waals surface area contributed by atoms with Crippen LogP contribution in [-0.4, -0.2) is 40.0 Å². The molecular formula is C20H27ClO5S. The fourth-order valence-electron chi connectivity index (χ4n) is 3.95. The van der Waals surface area contributed by atoms with Gasteiger partial charge in [-0.2, -0.15) is 0 Å². The van der Waals surface area contributed by atoms with Crippen LogP contribution in [0.4, 0.5) is 0 Å². The molecule has 1 saturated heterocycles. The van der Waals surface area contributed by atoms with Gasteiger partial charge in [-0.1, -0.05) is 31.5 Å². The van der Waals surface area contributed by atoms with Crippen molar-refractivity contribution in [3.05, 3.63) is 28.8 Å². The molecule has 1 aromatic carbocycles. The van der Waals surface area contributed by atoms with E-state index in [2.05, 4.69) is 13.8 Å². The summed E-state index contributed by atoms with van der Waals surface area (Å²) in [5.74, 6) is -0.517. The summed E-state index contributed by atoms with van der Waals surface area (Å²) in [5, 5.41) is 0.158. The lowest BCUT2D eigenvalue weighted by Gasteiger charge is -2.41. The van der Waals surface area contributed by atoms with E-state index in [0.29, 0.717) is 25.6 Å². The van der Waals surface area contributed by atoms with E-state index >= 15 is 0 Å². The number of hydrogen-bond acceptors (Lipinski definition) is 5. The highest BCUT2D eigenvalue weighted by atomic mass is 35.5. The number of sulfone groups is 1. The lowest BCUT2D eigenvalue weighted by molar-refractivity contribution is -0.296. The number of ether oxygens (including phenoxy) is 2. The molecule has 150 valence electrons. The van der Waals surface area contributed by atoms with Crippen LogP contribution < -0.4 is 0 Å². The van der Waals surface area contributed by atoms with Crippen LogP contribution in [0.2, 0.25) is 5.02 Å². The minimum atomic E-state index is -3.39. The molecule has 0 bridgehead atoms. The van der Waals surface area contributed by atoms with Crippen molar-refractivity contribution in [1.82, 2.24) is 0 Å². The van der Waals surface area contributed by atoms with Gasteiger partial charge >= 0.3 is 0 Å². The van der Waals surface area contributed by atoms with Gasteiger partial charge in [-0.3, -0.25) is 0 Å². The van der Waals surface area contributed by atoms with Crippen molar-refractivity contribution in [3.8, 4) is 0 Å². The second-order valence-electron chi connectivity index (χ2n) is 8.70. The van der Waals surface area contributed by atoms with E-state index < -0.39 is 15.6 Å². The fraction of sp³-hybridized carbons (Fsp3) is 0.650. The largest absolute Gasteiger partial charge is 0.349 e. The summed E-state index contributed by atoms with van der Waals surface area (Å²) in [5.41, 5.74) is 0.780. The van der Waals surface area contributed by atoms with Crippen LogP contribution in [0.5, 0.6) is 0 Å². The zero-order chi connectivity index (χ0) is 19.9. The van der Waals surface area contributed by atoms with Gasteiger partial charge in [0.05, 0.1) is 23.1 Å². The van der Waals surface area contributed by atoms with Crippen LogP contribution in [0, 0.1) is 11.3 Å². The topological polar surface area (TPSA) is 69.7 Å². The van der Waals surface area contributed by atoms with Crippen molar-refractivity contribution in [3.63, 3.8) is 0 Å². The summed E-state index contributed by atoms with van der Waals surface area (Å²) in [4.78, 5) is 11.8. The van der Waals surface area contributed by atoms with Crippen molar-refractivity contribution in [2.24, 2.45) is 11.3 Å². The first-order valence-corrected chi connectivity index (χ1v) is 11.5. The van der Waals surface area contributed by atoms with Crippen LogP contribution in [0.1, 0.15) is 51.0 Å². The van der Waals surface area contributed by atoms with Gasteiger partial charge < -0.3 is 14.3 Å². The first-order valence-electron chi connectivity index (χ1n) is 9.26. The molecule has 7 heteroatoms. The number of benzene rings is 1. The molecule has 0 radical (unpaired) electrons. The van der Waals surface area contributed by atoms with Crippen molar-refractivity contribution in [1.29, 1.82) is 0 Å². The van der Waals surface area contributed by atoms with E-state index in [4.69, 9.17) is 21.1 Å². The molecule has 1 heterocycles. The molecule has 0 N–H and O–H groups in total. The number of hydrogen-bond donors (Lipinski definition) is 0. The van der Waals surface area contributed by atoms with Gasteiger partial charge in [0, 0.05) is 30.4 Å². The molecule has 1 spiro atoms. The Morgan fingerprint density at radius 1 is 1.30 bits per heavy atom. The number of carbonyl (C=O) groups is 1. The molecule has 2 atom stereocenters. The van der Waals surface area contributed by atoms with E-state index in [0.717, 1.165) is 37.4 Å². The molecule has 27 heavy (non-hydrogen) atoms. The van der Waals surface area contributed by atoms with Gasteiger partial charge in [0.25, 0.3) is 0 Å². The third-order valence-corrected chi connectivity index (χ3v) is 7.10. The molecule has 1 saturated carbocycles. The predicted molar refractivity (Wildman–Crippen MR) is 104 cm³/mol. The van der Waals surface area contributed by atoms with Gasteiger partial charge in [-0.05, 0) is 36.5 Å². The minimum absolute atomic E-state index is 0.0345. The Labute approximate surface area is 166 Å². The minimum Gasteiger partial charge on any atom is -0.349 e. The summed E-state index contributed by atoms with van der Waals surface area (Å²) in [6.45, 7) is 5.61. The summed E-state index contributed by atoms with van der Waals surface area (Å²) in [6, 6.07) is 4.76. The lowest BCUT2D eigenvalue weighted by Crippen LogP contribution is -2.46. The Hall–Kier alpha value is -0.950. The quantitative estimate of drug-likeness (QED) is 0.681. The molecule has 5 nitrogen and oxygen atoms in total. The summed E-state index contributed by atoms with van der Waals surface area (Å²) in [7, 11) is -3.39. The van der Waals surface area contributed by atoms with E-state index in [1.54, 1.807) is 12.1 Å². The number of carbonyl (C=O) groups excluding carboxylic acids is 1. The lowest BCUT2D eigenvalue weighted by atomic mass is 9.88. The number of rotatable bonds is 5. The standard InChI is InChI=1S/C20H27ClO5S/c1-19(2)12-25-20(26-13-19)7-6-14(10-20)8-16(11-22)15-4-5-18(17(21)9-15)27(3,23)24/h4-5,9,11,14,16H,6-8,10,12-13H2,1-3H3/t14-,16?/m1/s1. The van der Waals surface area contributed by atoms with Crippen LogP contribution in [0.3, 0.4) is 0 Å². The number of aldehydes is 1. The summed E-state index contributed by atoms with van der Waals surface area (Å²) in [6.07, 6.45) is 5.28. The van der Waals surface area contributed by atoms with Crippen LogP contribution in [0.15, 0.2) is 23.1 Å². The zero-order valence-electron chi connectivity index (χ0n) is 16.0. The third-order valence-electron chi connectivity index (χ3n) is 5.52. The van der Waals surface area contributed by atoms with Crippen molar-refractivity contribution in [2.75, 3.05) is 19.5 Å². The average Bonchev–Trinajstić information content (AvgIpc) is 2.98. The van der Waals surface area contributed by atoms with Crippen LogP contribution in [0.25, 0.3) is 0 Å². The van der Waals surface area contributed by atoms with Gasteiger partial charge in [0.1, 0.15) is 6.29 Å². The molecule has 1 unspecified atom stereocenters. The molecule has 2 fully saturated rings. The fourth-order valence-corrected chi connectivity index (χ4v) is 5.28. The monoisotopic (exact) mass is 414 g/mol. The Morgan fingerprint density at radius 3 is 2.52 bits per heavy atom. The Kier molecular flexibility index (Phi) is 5.75. The molecule has 1 aromatic rings. The van der Waals surface area contributed by atoms with Gasteiger partial charge in [-0.15, -0.1) is 0 Å². The highest BCUT2D eigenvalue weighted by Crippen LogP contribution is 2.46. The molecule has 0 aromatic heterocycles. The second kappa shape index (κ2) is 7.47. The molecule has 0 amide bonds. The first kappa shape index (κ1) is 20.8. The van der Waals surface area contributed by atoms with Crippen molar-refractivity contribution >= 4 is 27.7 Å². The highest BCUT2D eigenvalue weighted by Gasteiger charge is 2.46. The maximum absolute atomic E-state index is 11.7. The highest BCUT2D eigenvalue weighted by molar-refractivity contribution is 7.90. The van der Waals surface area contributed by atoms with E-state index in [-0.39, 0.29) is 21.3 Å².